The second-order valence-corrected chi connectivity index (χ2v) is 7.32. The van der Waals surface area contributed by atoms with Crippen LogP contribution in [0.1, 0.15) is 40.9 Å². The topological polar surface area (TPSA) is 63.6 Å². The molecule has 0 unspecified atom stereocenters. The van der Waals surface area contributed by atoms with Crippen LogP contribution in [0.5, 0.6) is 0 Å². The van der Waals surface area contributed by atoms with Crippen molar-refractivity contribution >= 4 is 35.0 Å². The Hall–Kier alpha value is -1.01. The van der Waals surface area contributed by atoms with Gasteiger partial charge in [-0.2, -0.15) is 0 Å². The van der Waals surface area contributed by atoms with Gasteiger partial charge in [-0.15, -0.1) is 23.1 Å². The van der Waals surface area contributed by atoms with Gasteiger partial charge >= 0.3 is 11.9 Å². The normalized spacial score (nSPS) is 11.4. The Balaban J connectivity index is 2.45. The highest BCUT2D eigenvalue weighted by Gasteiger charge is 2.16. The van der Waals surface area contributed by atoms with E-state index in [9.17, 15) is 9.59 Å². The van der Waals surface area contributed by atoms with Crippen molar-refractivity contribution in [2.45, 2.75) is 39.0 Å². The molecule has 0 bridgehead atoms. The van der Waals surface area contributed by atoms with Gasteiger partial charge in [-0.3, -0.25) is 4.79 Å². The lowest BCUT2D eigenvalue weighted by Crippen LogP contribution is -2.24. The number of carbonyl (C=O) groups is 2. The lowest BCUT2D eigenvalue weighted by Gasteiger charge is -2.19. The molecule has 0 saturated carbocycles. The number of rotatable bonds is 5. The molecule has 0 fully saturated rings. The molecule has 0 atom stereocenters. The molecule has 0 aliphatic carbocycles. The van der Waals surface area contributed by atoms with Crippen LogP contribution in [0, 0.1) is 6.92 Å². The standard InChI is InChI=1S/C13H18O4S2/c1-8-9(5-10(19-8)12(15)16)6-18-7-11(14)17-13(2,3)4/h5H,6-7H2,1-4H3,(H,15,16). The van der Waals surface area contributed by atoms with E-state index >= 15 is 0 Å². The van der Waals surface area contributed by atoms with Gasteiger partial charge in [0, 0.05) is 10.6 Å². The average Bonchev–Trinajstić information content (AvgIpc) is 2.58. The van der Waals surface area contributed by atoms with Crippen molar-refractivity contribution in [1.29, 1.82) is 0 Å². The Kier molecular flexibility index (Phi) is 5.43. The summed E-state index contributed by atoms with van der Waals surface area (Å²) in [6.07, 6.45) is 0. The van der Waals surface area contributed by atoms with Gasteiger partial charge in [0.25, 0.3) is 0 Å². The lowest BCUT2D eigenvalue weighted by molar-refractivity contribution is -0.151. The lowest BCUT2D eigenvalue weighted by atomic mass is 10.2. The summed E-state index contributed by atoms with van der Waals surface area (Å²) in [5, 5.41) is 8.89. The minimum atomic E-state index is -0.906. The number of ether oxygens (including phenoxy) is 1. The first-order chi connectivity index (χ1) is 8.69. The number of hydrogen-bond donors (Lipinski definition) is 1. The van der Waals surface area contributed by atoms with Gasteiger partial charge in [-0.25, -0.2) is 4.79 Å². The van der Waals surface area contributed by atoms with E-state index in [0.29, 0.717) is 10.6 Å². The van der Waals surface area contributed by atoms with Crippen LogP contribution < -0.4 is 0 Å². The van der Waals surface area contributed by atoms with Crippen molar-refractivity contribution in [2.75, 3.05) is 5.75 Å². The van der Waals surface area contributed by atoms with Crippen molar-refractivity contribution in [2.24, 2.45) is 0 Å². The molecule has 0 aliphatic heterocycles. The molecule has 4 nitrogen and oxygen atoms in total. The number of esters is 1. The van der Waals surface area contributed by atoms with E-state index in [2.05, 4.69) is 0 Å². The monoisotopic (exact) mass is 302 g/mol. The van der Waals surface area contributed by atoms with E-state index in [1.54, 1.807) is 6.07 Å². The zero-order valence-corrected chi connectivity index (χ0v) is 13.1. The molecule has 6 heteroatoms. The molecule has 1 rings (SSSR count). The zero-order chi connectivity index (χ0) is 14.6. The third kappa shape index (κ3) is 5.65. The van der Waals surface area contributed by atoms with E-state index in [4.69, 9.17) is 9.84 Å². The summed E-state index contributed by atoms with van der Waals surface area (Å²) in [4.78, 5) is 23.7. The molecule has 1 N–H and O–H groups in total. The summed E-state index contributed by atoms with van der Waals surface area (Å²) in [7, 11) is 0. The molecule has 0 aromatic carbocycles. The van der Waals surface area contributed by atoms with Crippen molar-refractivity contribution < 1.29 is 19.4 Å². The highest BCUT2D eigenvalue weighted by atomic mass is 32.2. The van der Waals surface area contributed by atoms with Crippen LogP contribution in [0.15, 0.2) is 6.07 Å². The summed E-state index contributed by atoms with van der Waals surface area (Å²) < 4.78 is 5.20. The van der Waals surface area contributed by atoms with Crippen LogP contribution in [0.2, 0.25) is 0 Å². The molecule has 1 heterocycles. The van der Waals surface area contributed by atoms with Crippen LogP contribution >= 0.6 is 23.1 Å². The second-order valence-electron chi connectivity index (χ2n) is 5.08. The Labute approximate surface area is 121 Å². The largest absolute Gasteiger partial charge is 0.477 e. The molecule has 1 aromatic heterocycles. The second kappa shape index (κ2) is 6.43. The van der Waals surface area contributed by atoms with E-state index in [-0.39, 0.29) is 11.7 Å². The molecule has 1 aromatic rings. The molecule has 0 amide bonds. The maximum Gasteiger partial charge on any atom is 0.345 e. The molecular formula is C13H18O4S2. The maximum absolute atomic E-state index is 11.5. The van der Waals surface area contributed by atoms with E-state index < -0.39 is 11.6 Å². The minimum absolute atomic E-state index is 0.246. The number of hydrogen-bond acceptors (Lipinski definition) is 5. The number of carboxylic acids is 1. The average molecular weight is 302 g/mol. The van der Waals surface area contributed by atoms with Gasteiger partial charge in [-0.1, -0.05) is 0 Å². The third-order valence-corrected chi connectivity index (χ3v) is 4.16. The summed E-state index contributed by atoms with van der Waals surface area (Å²) in [5.74, 6) is -0.260. The van der Waals surface area contributed by atoms with Crippen LogP contribution in [0.3, 0.4) is 0 Å². The van der Waals surface area contributed by atoms with Gasteiger partial charge in [0.05, 0.1) is 5.75 Å². The van der Waals surface area contributed by atoms with Gasteiger partial charge in [0.1, 0.15) is 10.5 Å². The third-order valence-electron chi connectivity index (χ3n) is 2.13. The van der Waals surface area contributed by atoms with E-state index in [1.165, 1.54) is 23.1 Å². The van der Waals surface area contributed by atoms with Crippen LogP contribution in [0.25, 0.3) is 0 Å². The van der Waals surface area contributed by atoms with Crippen LogP contribution in [0.4, 0.5) is 0 Å². The van der Waals surface area contributed by atoms with Crippen LogP contribution in [-0.4, -0.2) is 28.4 Å². The van der Waals surface area contributed by atoms with Crippen molar-refractivity contribution in [3.63, 3.8) is 0 Å². The summed E-state index contributed by atoms with van der Waals surface area (Å²) in [6, 6.07) is 1.67. The number of aryl methyl sites for hydroxylation is 1. The predicted molar refractivity (Wildman–Crippen MR) is 78.0 cm³/mol. The number of thioether (sulfide) groups is 1. The Morgan fingerprint density at radius 2 is 2.05 bits per heavy atom. The van der Waals surface area contributed by atoms with E-state index in [0.717, 1.165) is 10.4 Å². The van der Waals surface area contributed by atoms with Gasteiger partial charge in [0.2, 0.25) is 0 Å². The fourth-order valence-corrected chi connectivity index (χ4v) is 3.20. The highest BCUT2D eigenvalue weighted by molar-refractivity contribution is 7.99. The maximum atomic E-state index is 11.5. The molecule has 0 aliphatic rings. The van der Waals surface area contributed by atoms with E-state index in [1.807, 2.05) is 27.7 Å². The first-order valence-corrected chi connectivity index (χ1v) is 7.78. The fraction of sp³-hybridized carbons (Fsp3) is 0.538. The van der Waals surface area contributed by atoms with Crippen molar-refractivity contribution in [1.82, 2.24) is 0 Å². The number of aromatic carboxylic acids is 1. The molecule has 0 radical (unpaired) electrons. The SMILES string of the molecule is Cc1sc(C(=O)O)cc1CSCC(=O)OC(C)(C)C. The Morgan fingerprint density at radius 3 is 2.53 bits per heavy atom. The Morgan fingerprint density at radius 1 is 1.42 bits per heavy atom. The molecular weight excluding hydrogens is 284 g/mol. The number of carbonyl (C=O) groups excluding carboxylic acids is 1. The number of thiophene rings is 1. The summed E-state index contributed by atoms with van der Waals surface area (Å²) in [6.45, 7) is 7.38. The zero-order valence-electron chi connectivity index (χ0n) is 11.5. The predicted octanol–water partition coefficient (Wildman–Crippen LogP) is 3.33. The van der Waals surface area contributed by atoms with Gasteiger partial charge < -0.3 is 9.84 Å². The summed E-state index contributed by atoms with van der Waals surface area (Å²) >= 11 is 2.70. The smallest absolute Gasteiger partial charge is 0.345 e. The number of carboxylic acid groups (broad SMARTS) is 1. The molecule has 106 valence electrons. The molecule has 0 spiro atoms. The quantitative estimate of drug-likeness (QED) is 0.845. The minimum Gasteiger partial charge on any atom is -0.477 e. The van der Waals surface area contributed by atoms with Gasteiger partial charge in [0.15, 0.2) is 0 Å². The first kappa shape index (κ1) is 16.0. The van der Waals surface area contributed by atoms with Crippen molar-refractivity contribution in [3.05, 3.63) is 21.4 Å². The molecule has 19 heavy (non-hydrogen) atoms. The van der Waals surface area contributed by atoms with Crippen molar-refractivity contribution in [3.8, 4) is 0 Å². The first-order valence-electron chi connectivity index (χ1n) is 5.81. The van der Waals surface area contributed by atoms with Crippen LogP contribution in [-0.2, 0) is 15.3 Å². The molecule has 0 saturated heterocycles. The van der Waals surface area contributed by atoms with Gasteiger partial charge in [-0.05, 0) is 39.3 Å². The Bertz CT molecular complexity index is 471. The fourth-order valence-electron chi connectivity index (χ4n) is 1.38. The summed E-state index contributed by atoms with van der Waals surface area (Å²) in [5.41, 5.74) is 0.503. The highest BCUT2D eigenvalue weighted by Crippen LogP contribution is 2.25.